The molecular formula is C40H19N3O2. The number of fused-ring (bicyclic) bond motifs is 14. The van der Waals surface area contributed by atoms with Gasteiger partial charge >= 0.3 is 0 Å². The predicted molar refractivity (Wildman–Crippen MR) is 180 cm³/mol. The summed E-state index contributed by atoms with van der Waals surface area (Å²) in [5.74, 6) is 0. The lowest BCUT2D eigenvalue weighted by atomic mass is 9.92. The molecule has 0 fully saturated rings. The maximum atomic E-state index is 10.3. The third kappa shape index (κ3) is 2.99. The first kappa shape index (κ1) is 23.9. The van der Waals surface area contributed by atoms with Crippen LogP contribution in [-0.2, 0) is 0 Å². The van der Waals surface area contributed by atoms with Crippen molar-refractivity contribution in [3.05, 3.63) is 126 Å². The molecule has 0 spiro atoms. The predicted octanol–water partition coefficient (Wildman–Crippen LogP) is 10.6. The van der Waals surface area contributed by atoms with Gasteiger partial charge in [0, 0.05) is 38.0 Å². The highest BCUT2D eigenvalue weighted by Crippen LogP contribution is 2.45. The van der Waals surface area contributed by atoms with Gasteiger partial charge in [0.1, 0.15) is 34.5 Å². The van der Waals surface area contributed by atoms with Crippen molar-refractivity contribution in [2.45, 2.75) is 0 Å². The Labute approximate surface area is 254 Å². The van der Waals surface area contributed by atoms with Crippen molar-refractivity contribution in [1.82, 2.24) is 4.57 Å². The highest BCUT2D eigenvalue weighted by Gasteiger charge is 2.23. The van der Waals surface area contributed by atoms with Crippen LogP contribution in [0, 0.1) is 22.7 Å². The fourth-order valence-corrected chi connectivity index (χ4v) is 7.37. The average molecular weight is 574 g/mol. The lowest BCUT2D eigenvalue weighted by Crippen LogP contribution is -1.96. The molecule has 0 radical (unpaired) electrons. The lowest BCUT2D eigenvalue weighted by molar-refractivity contribution is 0.670. The third-order valence-electron chi connectivity index (χ3n) is 9.27. The highest BCUT2D eigenvalue weighted by molar-refractivity contribution is 6.30. The van der Waals surface area contributed by atoms with Gasteiger partial charge in [0.15, 0.2) is 0 Å². The summed E-state index contributed by atoms with van der Waals surface area (Å²) in [4.78, 5) is 0. The maximum Gasteiger partial charge on any atom is 0.145 e. The van der Waals surface area contributed by atoms with Crippen LogP contribution in [0.15, 0.2) is 124 Å². The molecule has 0 aliphatic carbocycles. The molecule has 7 aromatic carbocycles. The zero-order valence-electron chi connectivity index (χ0n) is 23.6. The first-order valence-electron chi connectivity index (χ1n) is 14.7. The SMILES string of the molecule is N#Cc1c(C#N)c2cc(-n3c4ccc5c6ccccc6oc5c4c4c5oc6ccccc6c5ccc43)ccc2c2ccccc12. The Hall–Kier alpha value is -6.56. The van der Waals surface area contributed by atoms with Gasteiger partial charge in [0.2, 0.25) is 0 Å². The van der Waals surface area contributed by atoms with Crippen LogP contribution in [0.25, 0.3) is 92.9 Å². The van der Waals surface area contributed by atoms with Gasteiger partial charge in [0.25, 0.3) is 0 Å². The molecule has 0 N–H and O–H groups in total. The fourth-order valence-electron chi connectivity index (χ4n) is 7.37. The van der Waals surface area contributed by atoms with Crippen molar-refractivity contribution < 1.29 is 8.83 Å². The van der Waals surface area contributed by atoms with Crippen LogP contribution in [-0.4, -0.2) is 4.57 Å². The molecule has 10 aromatic rings. The summed E-state index contributed by atoms with van der Waals surface area (Å²) in [7, 11) is 0. The van der Waals surface area contributed by atoms with E-state index in [-0.39, 0.29) is 0 Å². The summed E-state index contributed by atoms with van der Waals surface area (Å²) in [6.45, 7) is 0. The number of para-hydroxylation sites is 2. The fraction of sp³-hybridized carbons (Fsp3) is 0. The minimum Gasteiger partial charge on any atom is -0.455 e. The van der Waals surface area contributed by atoms with Gasteiger partial charge in [-0.1, -0.05) is 66.7 Å². The van der Waals surface area contributed by atoms with Gasteiger partial charge < -0.3 is 13.4 Å². The number of hydrogen-bond acceptors (Lipinski definition) is 4. The van der Waals surface area contributed by atoms with Gasteiger partial charge in [-0.2, -0.15) is 10.5 Å². The van der Waals surface area contributed by atoms with Crippen LogP contribution in [0.2, 0.25) is 0 Å². The van der Waals surface area contributed by atoms with Crippen LogP contribution in [0.4, 0.5) is 0 Å². The van der Waals surface area contributed by atoms with E-state index in [0.717, 1.165) is 92.9 Å². The van der Waals surface area contributed by atoms with Crippen LogP contribution in [0.5, 0.6) is 0 Å². The molecule has 0 amide bonds. The molecule has 0 bridgehead atoms. The van der Waals surface area contributed by atoms with Crippen LogP contribution in [0.3, 0.4) is 0 Å². The van der Waals surface area contributed by atoms with Crippen molar-refractivity contribution in [1.29, 1.82) is 10.5 Å². The molecule has 0 saturated carbocycles. The van der Waals surface area contributed by atoms with Crippen molar-refractivity contribution in [3.63, 3.8) is 0 Å². The number of nitrogens with zero attached hydrogens (tertiary/aromatic N) is 3. The Morgan fingerprint density at radius 1 is 0.444 bits per heavy atom. The summed E-state index contributed by atoms with van der Waals surface area (Å²) in [5.41, 5.74) is 6.86. The van der Waals surface area contributed by atoms with Gasteiger partial charge in [-0.25, -0.2) is 0 Å². The number of nitriles is 2. The van der Waals surface area contributed by atoms with Gasteiger partial charge in [-0.05, 0) is 59.3 Å². The number of rotatable bonds is 1. The van der Waals surface area contributed by atoms with E-state index >= 15 is 0 Å². The van der Waals surface area contributed by atoms with E-state index in [2.05, 4.69) is 65.2 Å². The second-order valence-corrected chi connectivity index (χ2v) is 11.5. The quantitative estimate of drug-likeness (QED) is 0.183. The molecule has 3 aromatic heterocycles. The minimum atomic E-state index is 0.383. The van der Waals surface area contributed by atoms with Crippen molar-refractivity contribution in [3.8, 4) is 17.8 Å². The Kier molecular flexibility index (Phi) is 4.53. The summed E-state index contributed by atoms with van der Waals surface area (Å²) < 4.78 is 15.4. The van der Waals surface area contributed by atoms with Crippen molar-refractivity contribution in [2.24, 2.45) is 0 Å². The third-order valence-corrected chi connectivity index (χ3v) is 9.27. The molecule has 0 atom stereocenters. The molecular weight excluding hydrogens is 554 g/mol. The molecule has 3 heterocycles. The second-order valence-electron chi connectivity index (χ2n) is 11.5. The molecule has 206 valence electrons. The van der Waals surface area contributed by atoms with E-state index < -0.39 is 0 Å². The molecule has 0 saturated heterocycles. The Balaban J connectivity index is 1.41. The highest BCUT2D eigenvalue weighted by atomic mass is 16.3. The lowest BCUT2D eigenvalue weighted by Gasteiger charge is -2.13. The van der Waals surface area contributed by atoms with E-state index in [9.17, 15) is 10.5 Å². The first-order chi connectivity index (χ1) is 22.2. The van der Waals surface area contributed by atoms with Crippen molar-refractivity contribution >= 4 is 87.2 Å². The molecule has 0 unspecified atom stereocenters. The zero-order chi connectivity index (χ0) is 29.8. The molecule has 5 nitrogen and oxygen atoms in total. The Morgan fingerprint density at radius 2 is 0.911 bits per heavy atom. The van der Waals surface area contributed by atoms with E-state index in [1.54, 1.807) is 0 Å². The Bertz CT molecular complexity index is 2890. The summed E-state index contributed by atoms with van der Waals surface area (Å²) in [6, 6.07) is 43.4. The first-order valence-corrected chi connectivity index (χ1v) is 14.7. The number of aromatic nitrogens is 1. The summed E-state index contributed by atoms with van der Waals surface area (Å²) in [6.07, 6.45) is 0. The van der Waals surface area contributed by atoms with E-state index in [1.165, 1.54) is 0 Å². The smallest absolute Gasteiger partial charge is 0.145 e. The number of furan rings is 2. The van der Waals surface area contributed by atoms with Gasteiger partial charge in [-0.15, -0.1) is 0 Å². The standard InChI is InChI=1S/C40H19N3O2/c41-20-31-24-8-2-1-7-23(24)25-14-13-22(19-30(25)32(31)21-42)43-33-17-15-28-26-9-3-5-11-35(26)44-39(28)37(33)38-34(43)18-16-29-27-10-4-6-12-36(27)45-40(29)38/h1-19H. The number of hydrogen-bond donors (Lipinski definition) is 0. The Morgan fingerprint density at radius 3 is 1.49 bits per heavy atom. The monoisotopic (exact) mass is 573 g/mol. The summed E-state index contributed by atoms with van der Waals surface area (Å²) >= 11 is 0. The van der Waals surface area contributed by atoms with Crippen molar-refractivity contribution in [2.75, 3.05) is 0 Å². The number of benzene rings is 7. The topological polar surface area (TPSA) is 78.8 Å². The zero-order valence-corrected chi connectivity index (χ0v) is 23.6. The van der Waals surface area contributed by atoms with E-state index in [0.29, 0.717) is 11.1 Å². The normalized spacial score (nSPS) is 12.0. The second kappa shape index (κ2) is 8.51. The molecule has 45 heavy (non-hydrogen) atoms. The largest absolute Gasteiger partial charge is 0.455 e. The molecule has 0 aliphatic rings. The van der Waals surface area contributed by atoms with Gasteiger partial charge in [-0.3, -0.25) is 0 Å². The van der Waals surface area contributed by atoms with Crippen LogP contribution >= 0.6 is 0 Å². The average Bonchev–Trinajstić information content (AvgIpc) is 3.76. The van der Waals surface area contributed by atoms with E-state index in [4.69, 9.17) is 8.83 Å². The minimum absolute atomic E-state index is 0.383. The van der Waals surface area contributed by atoms with Gasteiger partial charge in [0.05, 0.1) is 32.9 Å². The molecule has 5 heteroatoms. The molecule has 0 aliphatic heterocycles. The van der Waals surface area contributed by atoms with E-state index in [1.807, 2.05) is 66.7 Å². The molecule has 10 rings (SSSR count). The summed E-state index contributed by atoms with van der Waals surface area (Å²) in [5, 5.41) is 30.0. The maximum absolute atomic E-state index is 10.3. The van der Waals surface area contributed by atoms with Crippen LogP contribution in [0.1, 0.15) is 11.1 Å². The van der Waals surface area contributed by atoms with Crippen LogP contribution < -0.4 is 0 Å².